The van der Waals surface area contributed by atoms with Crippen molar-refractivity contribution in [2.75, 3.05) is 18.1 Å². The summed E-state index contributed by atoms with van der Waals surface area (Å²) in [6.07, 6.45) is 1.23. The zero-order chi connectivity index (χ0) is 14.8. The number of carbonyl (C=O) groups is 1. The minimum atomic E-state index is -3.04. The maximum absolute atomic E-state index is 12.9. The highest BCUT2D eigenvalue weighted by molar-refractivity contribution is 7.91. The van der Waals surface area contributed by atoms with E-state index in [1.807, 2.05) is 6.92 Å². The molecule has 4 nitrogen and oxygen atoms in total. The molecule has 1 atom stereocenters. The van der Waals surface area contributed by atoms with Crippen LogP contribution < -0.4 is 0 Å². The number of nitrogens with zero attached hydrogens (tertiary/aromatic N) is 1. The third kappa shape index (κ3) is 3.36. The Kier molecular flexibility index (Phi) is 4.42. The second-order valence-electron chi connectivity index (χ2n) is 5.06. The number of hydrogen-bond donors (Lipinski definition) is 0. The van der Waals surface area contributed by atoms with Crippen LogP contribution >= 0.6 is 0 Å². The van der Waals surface area contributed by atoms with Crippen molar-refractivity contribution >= 4 is 15.7 Å². The SMILES string of the molecule is CCCN(C(=O)c1ccc(F)cc1)[C@H]1CCS(=O)(=O)C1. The van der Waals surface area contributed by atoms with Gasteiger partial charge in [-0.1, -0.05) is 6.92 Å². The van der Waals surface area contributed by atoms with Gasteiger partial charge < -0.3 is 4.90 Å². The first-order chi connectivity index (χ1) is 9.43. The van der Waals surface area contributed by atoms with E-state index in [9.17, 15) is 17.6 Å². The highest BCUT2D eigenvalue weighted by atomic mass is 32.2. The molecule has 1 fully saturated rings. The van der Waals surface area contributed by atoms with E-state index in [-0.39, 0.29) is 23.5 Å². The van der Waals surface area contributed by atoms with Crippen LogP contribution in [0.15, 0.2) is 24.3 Å². The Labute approximate surface area is 118 Å². The maximum atomic E-state index is 12.9. The molecule has 20 heavy (non-hydrogen) atoms. The Morgan fingerprint density at radius 2 is 2.00 bits per heavy atom. The molecule has 0 radical (unpaired) electrons. The van der Waals surface area contributed by atoms with E-state index >= 15 is 0 Å². The van der Waals surface area contributed by atoms with E-state index in [0.717, 1.165) is 6.42 Å². The van der Waals surface area contributed by atoms with Gasteiger partial charge in [-0.25, -0.2) is 12.8 Å². The van der Waals surface area contributed by atoms with E-state index in [4.69, 9.17) is 0 Å². The summed E-state index contributed by atoms with van der Waals surface area (Å²) in [6, 6.07) is 5.08. The molecule has 0 bridgehead atoms. The highest BCUT2D eigenvalue weighted by Crippen LogP contribution is 2.20. The van der Waals surface area contributed by atoms with Crippen LogP contribution in [0.2, 0.25) is 0 Å². The van der Waals surface area contributed by atoms with Crippen molar-refractivity contribution in [3.05, 3.63) is 35.6 Å². The Bertz CT molecular complexity index is 583. The van der Waals surface area contributed by atoms with Crippen molar-refractivity contribution in [3.63, 3.8) is 0 Å². The number of halogens is 1. The molecule has 1 aliphatic rings. The summed E-state index contributed by atoms with van der Waals surface area (Å²) in [5.41, 5.74) is 0.393. The molecule has 0 aromatic heterocycles. The number of amides is 1. The van der Waals surface area contributed by atoms with E-state index < -0.39 is 15.7 Å². The fraction of sp³-hybridized carbons (Fsp3) is 0.500. The second-order valence-corrected chi connectivity index (χ2v) is 7.29. The van der Waals surface area contributed by atoms with Gasteiger partial charge in [0.05, 0.1) is 11.5 Å². The maximum Gasteiger partial charge on any atom is 0.254 e. The molecular formula is C14H18FNO3S. The lowest BCUT2D eigenvalue weighted by Crippen LogP contribution is -2.41. The van der Waals surface area contributed by atoms with Crippen LogP contribution in [0.4, 0.5) is 4.39 Å². The minimum Gasteiger partial charge on any atom is -0.335 e. The quantitative estimate of drug-likeness (QED) is 0.853. The van der Waals surface area contributed by atoms with Gasteiger partial charge in [0, 0.05) is 18.2 Å². The smallest absolute Gasteiger partial charge is 0.254 e. The average Bonchev–Trinajstić information content (AvgIpc) is 2.76. The summed E-state index contributed by atoms with van der Waals surface area (Å²) in [7, 11) is -3.04. The Balaban J connectivity index is 2.20. The van der Waals surface area contributed by atoms with Crippen LogP contribution in [0.3, 0.4) is 0 Å². The monoisotopic (exact) mass is 299 g/mol. The van der Waals surface area contributed by atoms with Crippen LogP contribution in [0, 0.1) is 5.82 Å². The summed E-state index contributed by atoms with van der Waals surface area (Å²) in [6.45, 7) is 2.45. The molecule has 1 amide bonds. The average molecular weight is 299 g/mol. The normalized spacial score (nSPS) is 20.8. The van der Waals surface area contributed by atoms with Gasteiger partial charge in [0.15, 0.2) is 9.84 Å². The zero-order valence-electron chi connectivity index (χ0n) is 11.4. The van der Waals surface area contributed by atoms with Gasteiger partial charge in [0.2, 0.25) is 0 Å². The lowest BCUT2D eigenvalue weighted by atomic mass is 10.1. The Morgan fingerprint density at radius 3 is 2.50 bits per heavy atom. The molecule has 110 valence electrons. The van der Waals surface area contributed by atoms with Gasteiger partial charge in [-0.05, 0) is 37.1 Å². The van der Waals surface area contributed by atoms with Crippen LogP contribution in [0.25, 0.3) is 0 Å². The summed E-state index contributed by atoms with van der Waals surface area (Å²) < 4.78 is 36.0. The minimum absolute atomic E-state index is 0.0277. The lowest BCUT2D eigenvalue weighted by molar-refractivity contribution is 0.0697. The van der Waals surface area contributed by atoms with Crippen molar-refractivity contribution in [1.29, 1.82) is 0 Å². The molecule has 0 aliphatic carbocycles. The third-order valence-corrected chi connectivity index (χ3v) is 5.22. The van der Waals surface area contributed by atoms with Crippen LogP contribution in [-0.2, 0) is 9.84 Å². The third-order valence-electron chi connectivity index (χ3n) is 3.47. The fourth-order valence-corrected chi connectivity index (χ4v) is 4.20. The molecule has 1 saturated heterocycles. The van der Waals surface area contributed by atoms with E-state index in [0.29, 0.717) is 18.5 Å². The summed E-state index contributed by atoms with van der Waals surface area (Å²) in [5, 5.41) is 0. The topological polar surface area (TPSA) is 54.5 Å². The first kappa shape index (κ1) is 15.0. The molecule has 0 spiro atoms. The summed E-state index contributed by atoms with van der Waals surface area (Å²) in [5.74, 6) is -0.463. The molecule has 1 aliphatic heterocycles. The first-order valence-corrected chi connectivity index (χ1v) is 8.52. The number of rotatable bonds is 4. The zero-order valence-corrected chi connectivity index (χ0v) is 12.2. The highest BCUT2D eigenvalue weighted by Gasteiger charge is 2.34. The first-order valence-electron chi connectivity index (χ1n) is 6.70. The Morgan fingerprint density at radius 1 is 1.35 bits per heavy atom. The van der Waals surface area contributed by atoms with Crippen molar-refractivity contribution in [3.8, 4) is 0 Å². The summed E-state index contributed by atoms with van der Waals surface area (Å²) >= 11 is 0. The Hall–Kier alpha value is -1.43. The molecule has 1 heterocycles. The fourth-order valence-electron chi connectivity index (χ4n) is 2.47. The molecule has 1 aromatic rings. The lowest BCUT2D eigenvalue weighted by Gasteiger charge is -2.28. The summed E-state index contributed by atoms with van der Waals surface area (Å²) in [4.78, 5) is 14.1. The van der Waals surface area contributed by atoms with Gasteiger partial charge in [0.25, 0.3) is 5.91 Å². The molecule has 6 heteroatoms. The largest absolute Gasteiger partial charge is 0.335 e. The van der Waals surface area contributed by atoms with Crippen molar-refractivity contribution in [2.45, 2.75) is 25.8 Å². The number of sulfone groups is 1. The van der Waals surface area contributed by atoms with Crippen LogP contribution in [-0.4, -0.2) is 43.3 Å². The molecule has 0 unspecified atom stereocenters. The van der Waals surface area contributed by atoms with Gasteiger partial charge in [-0.3, -0.25) is 4.79 Å². The van der Waals surface area contributed by atoms with E-state index in [1.165, 1.54) is 24.3 Å². The predicted molar refractivity (Wildman–Crippen MR) is 74.8 cm³/mol. The molecule has 0 N–H and O–H groups in total. The molecule has 0 saturated carbocycles. The predicted octanol–water partition coefficient (Wildman–Crippen LogP) is 1.86. The van der Waals surface area contributed by atoms with Crippen molar-refractivity contribution in [1.82, 2.24) is 4.90 Å². The van der Waals surface area contributed by atoms with Crippen molar-refractivity contribution in [2.24, 2.45) is 0 Å². The van der Waals surface area contributed by atoms with Crippen molar-refractivity contribution < 1.29 is 17.6 Å². The standard InChI is InChI=1S/C14H18FNO3S/c1-2-8-16(13-7-9-20(18,19)10-13)14(17)11-3-5-12(15)6-4-11/h3-6,13H,2,7-10H2,1H3/t13-/m0/s1. The second kappa shape index (κ2) is 5.91. The van der Waals surface area contributed by atoms with E-state index in [2.05, 4.69) is 0 Å². The molecule has 1 aromatic carbocycles. The molecule has 2 rings (SSSR count). The van der Waals surface area contributed by atoms with E-state index in [1.54, 1.807) is 4.90 Å². The van der Waals surface area contributed by atoms with Gasteiger partial charge in [-0.2, -0.15) is 0 Å². The van der Waals surface area contributed by atoms with Gasteiger partial charge in [-0.15, -0.1) is 0 Å². The number of carbonyl (C=O) groups excluding carboxylic acids is 1. The number of hydrogen-bond acceptors (Lipinski definition) is 3. The van der Waals surface area contributed by atoms with Gasteiger partial charge >= 0.3 is 0 Å². The number of benzene rings is 1. The van der Waals surface area contributed by atoms with Crippen LogP contribution in [0.5, 0.6) is 0 Å². The molecular weight excluding hydrogens is 281 g/mol. The van der Waals surface area contributed by atoms with Gasteiger partial charge in [0.1, 0.15) is 5.82 Å². The van der Waals surface area contributed by atoms with Crippen LogP contribution in [0.1, 0.15) is 30.1 Å².